The average molecular weight is 238 g/mol. The molecule has 0 atom stereocenters. The van der Waals surface area contributed by atoms with Crippen molar-refractivity contribution in [3.8, 4) is 5.69 Å². The Labute approximate surface area is 98.6 Å². The summed E-state index contributed by atoms with van der Waals surface area (Å²) in [6, 6.07) is 5.68. The first-order valence-electron chi connectivity index (χ1n) is 4.83. The minimum absolute atomic E-state index is 0.350. The van der Waals surface area contributed by atoms with E-state index in [2.05, 4.69) is 9.82 Å². The van der Waals surface area contributed by atoms with Gasteiger partial charge in [-0.3, -0.25) is 4.84 Å². The van der Waals surface area contributed by atoms with Crippen molar-refractivity contribution in [3.05, 3.63) is 47.0 Å². The van der Waals surface area contributed by atoms with Crippen molar-refractivity contribution in [1.29, 1.82) is 0 Å². The van der Waals surface area contributed by atoms with E-state index in [1.165, 1.54) is 0 Å². The summed E-state index contributed by atoms with van der Waals surface area (Å²) in [5.74, 6) is 5.90. The Kier molecular flexibility index (Phi) is 3.24. The predicted octanol–water partition coefficient (Wildman–Crippen LogP) is 2.22. The van der Waals surface area contributed by atoms with Gasteiger partial charge in [-0.1, -0.05) is 17.7 Å². The summed E-state index contributed by atoms with van der Waals surface area (Å²) in [4.78, 5) is 8.71. The van der Waals surface area contributed by atoms with Crippen LogP contribution in [0.15, 0.2) is 30.6 Å². The van der Waals surface area contributed by atoms with Crippen molar-refractivity contribution < 1.29 is 4.84 Å². The fourth-order valence-electron chi connectivity index (χ4n) is 1.56. The van der Waals surface area contributed by atoms with Gasteiger partial charge in [-0.2, -0.15) is 0 Å². The zero-order valence-electron chi connectivity index (χ0n) is 8.85. The van der Waals surface area contributed by atoms with E-state index in [1.807, 2.05) is 35.9 Å². The number of hydrogen-bond acceptors (Lipinski definition) is 3. The van der Waals surface area contributed by atoms with Gasteiger partial charge in [0.15, 0.2) is 0 Å². The van der Waals surface area contributed by atoms with Crippen molar-refractivity contribution >= 4 is 11.6 Å². The molecule has 0 unspecified atom stereocenters. The molecule has 0 fully saturated rings. The first kappa shape index (κ1) is 11.1. The minimum Gasteiger partial charge on any atom is -0.302 e. The van der Waals surface area contributed by atoms with Crippen LogP contribution in [0.25, 0.3) is 5.69 Å². The van der Waals surface area contributed by atoms with Gasteiger partial charge < -0.3 is 4.57 Å². The Balaban J connectivity index is 2.40. The van der Waals surface area contributed by atoms with Gasteiger partial charge in [-0.05, 0) is 24.6 Å². The van der Waals surface area contributed by atoms with Crippen LogP contribution in [0.2, 0.25) is 5.02 Å². The summed E-state index contributed by atoms with van der Waals surface area (Å²) in [6.45, 7) is 2.27. The molecule has 0 aliphatic carbocycles. The average Bonchev–Trinajstić information content (AvgIpc) is 2.65. The lowest BCUT2D eigenvalue weighted by molar-refractivity contribution is 0.124. The third-order valence-corrected chi connectivity index (χ3v) is 2.65. The molecule has 0 amide bonds. The van der Waals surface area contributed by atoms with Crippen LogP contribution < -0.4 is 5.90 Å². The summed E-state index contributed by atoms with van der Waals surface area (Å²) in [7, 11) is 0. The molecule has 1 heterocycles. The maximum Gasteiger partial charge on any atom is 0.110 e. The van der Waals surface area contributed by atoms with E-state index in [0.717, 1.165) is 17.1 Å². The third kappa shape index (κ3) is 2.09. The van der Waals surface area contributed by atoms with Crippen molar-refractivity contribution in [1.82, 2.24) is 9.55 Å². The molecule has 2 rings (SSSR count). The van der Waals surface area contributed by atoms with Crippen molar-refractivity contribution in [2.45, 2.75) is 13.5 Å². The van der Waals surface area contributed by atoms with Gasteiger partial charge in [0.2, 0.25) is 0 Å². The number of rotatable bonds is 3. The first-order chi connectivity index (χ1) is 7.72. The van der Waals surface area contributed by atoms with Crippen LogP contribution in [-0.4, -0.2) is 9.55 Å². The van der Waals surface area contributed by atoms with Crippen LogP contribution in [0.4, 0.5) is 0 Å². The Morgan fingerprint density at radius 3 is 2.88 bits per heavy atom. The maximum atomic E-state index is 6.18. The lowest BCUT2D eigenvalue weighted by atomic mass is 10.2. The third-order valence-electron chi connectivity index (χ3n) is 2.35. The summed E-state index contributed by atoms with van der Waals surface area (Å²) < 4.78 is 1.93. The lowest BCUT2D eigenvalue weighted by Crippen LogP contribution is -2.01. The van der Waals surface area contributed by atoms with E-state index in [4.69, 9.17) is 17.5 Å². The van der Waals surface area contributed by atoms with E-state index in [0.29, 0.717) is 11.6 Å². The summed E-state index contributed by atoms with van der Waals surface area (Å²) >= 11 is 6.18. The largest absolute Gasteiger partial charge is 0.302 e. The molecule has 0 radical (unpaired) electrons. The molecule has 2 N–H and O–H groups in total. The molecule has 1 aromatic carbocycles. The van der Waals surface area contributed by atoms with Gasteiger partial charge in [0.05, 0.1) is 17.3 Å². The first-order valence-corrected chi connectivity index (χ1v) is 5.20. The van der Waals surface area contributed by atoms with Crippen molar-refractivity contribution in [2.24, 2.45) is 5.90 Å². The standard InChI is InChI=1S/C11H12ClN3O/c1-8-14-4-5-15(8)11-3-2-9(7-16-13)6-10(11)12/h2-6H,7,13H2,1H3. The monoisotopic (exact) mass is 237 g/mol. The predicted molar refractivity (Wildman–Crippen MR) is 62.3 cm³/mol. The Hall–Kier alpha value is -1.36. The second-order valence-electron chi connectivity index (χ2n) is 3.44. The van der Waals surface area contributed by atoms with Crippen LogP contribution in [0.5, 0.6) is 0 Å². The number of nitrogens with two attached hydrogens (primary N) is 1. The molecule has 1 aromatic heterocycles. The smallest absolute Gasteiger partial charge is 0.110 e. The fraction of sp³-hybridized carbons (Fsp3) is 0.182. The van der Waals surface area contributed by atoms with Gasteiger partial charge in [0.1, 0.15) is 5.82 Å². The number of aromatic nitrogens is 2. The van der Waals surface area contributed by atoms with Crippen molar-refractivity contribution in [3.63, 3.8) is 0 Å². The highest BCUT2D eigenvalue weighted by Crippen LogP contribution is 2.23. The van der Waals surface area contributed by atoms with Crippen LogP contribution in [0, 0.1) is 6.92 Å². The maximum absolute atomic E-state index is 6.18. The Morgan fingerprint density at radius 2 is 2.31 bits per heavy atom. The normalized spacial score (nSPS) is 10.7. The fourth-order valence-corrected chi connectivity index (χ4v) is 1.86. The molecule has 0 aliphatic rings. The number of halogens is 1. The van der Waals surface area contributed by atoms with Gasteiger partial charge in [0.25, 0.3) is 0 Å². The van der Waals surface area contributed by atoms with Gasteiger partial charge in [-0.25, -0.2) is 10.9 Å². The quantitative estimate of drug-likeness (QED) is 0.833. The molecule has 16 heavy (non-hydrogen) atoms. The summed E-state index contributed by atoms with van der Waals surface area (Å²) in [5, 5.41) is 0.649. The highest BCUT2D eigenvalue weighted by atomic mass is 35.5. The van der Waals surface area contributed by atoms with Gasteiger partial charge in [-0.15, -0.1) is 0 Å². The lowest BCUT2D eigenvalue weighted by Gasteiger charge is -2.09. The van der Waals surface area contributed by atoms with Crippen LogP contribution in [0.3, 0.4) is 0 Å². The Morgan fingerprint density at radius 1 is 1.50 bits per heavy atom. The zero-order valence-corrected chi connectivity index (χ0v) is 9.61. The second kappa shape index (κ2) is 4.65. The number of imidazole rings is 1. The number of aryl methyl sites for hydroxylation is 1. The molecule has 84 valence electrons. The van der Waals surface area contributed by atoms with Gasteiger partial charge >= 0.3 is 0 Å². The Bertz CT molecular complexity index is 496. The van der Waals surface area contributed by atoms with E-state index in [-0.39, 0.29) is 0 Å². The SMILES string of the molecule is Cc1nccn1-c1ccc(CON)cc1Cl. The van der Waals surface area contributed by atoms with E-state index in [1.54, 1.807) is 6.20 Å². The molecule has 0 aliphatic heterocycles. The molecule has 0 saturated heterocycles. The number of hydrogen-bond donors (Lipinski definition) is 1. The molecule has 0 saturated carbocycles. The molecule has 4 nitrogen and oxygen atoms in total. The molecule has 2 aromatic rings. The van der Waals surface area contributed by atoms with Crippen LogP contribution >= 0.6 is 11.6 Å². The van der Waals surface area contributed by atoms with E-state index in [9.17, 15) is 0 Å². The van der Waals surface area contributed by atoms with Crippen molar-refractivity contribution in [2.75, 3.05) is 0 Å². The summed E-state index contributed by atoms with van der Waals surface area (Å²) in [6.07, 6.45) is 3.61. The number of benzene rings is 1. The molecule has 5 heteroatoms. The van der Waals surface area contributed by atoms with Crippen LogP contribution in [0.1, 0.15) is 11.4 Å². The van der Waals surface area contributed by atoms with Crippen LogP contribution in [-0.2, 0) is 11.4 Å². The highest BCUT2D eigenvalue weighted by Gasteiger charge is 2.06. The minimum atomic E-state index is 0.350. The molecular weight excluding hydrogens is 226 g/mol. The highest BCUT2D eigenvalue weighted by molar-refractivity contribution is 6.32. The zero-order chi connectivity index (χ0) is 11.5. The molecular formula is C11H12ClN3O. The summed E-state index contributed by atoms with van der Waals surface area (Å²) in [5.41, 5.74) is 1.84. The van der Waals surface area contributed by atoms with E-state index >= 15 is 0 Å². The molecule has 0 bridgehead atoms. The number of nitrogens with zero attached hydrogens (tertiary/aromatic N) is 2. The van der Waals surface area contributed by atoms with Gasteiger partial charge in [0, 0.05) is 12.4 Å². The molecule has 0 spiro atoms. The second-order valence-corrected chi connectivity index (χ2v) is 3.85. The topological polar surface area (TPSA) is 53.1 Å². The van der Waals surface area contributed by atoms with E-state index < -0.39 is 0 Å².